The molecule has 0 saturated heterocycles. The van der Waals surface area contributed by atoms with Gasteiger partial charge < -0.3 is 19.9 Å². The second-order valence-electron chi connectivity index (χ2n) is 10.1. The van der Waals surface area contributed by atoms with Gasteiger partial charge in [-0.2, -0.15) is 0 Å². The molecule has 0 aliphatic heterocycles. The van der Waals surface area contributed by atoms with Crippen LogP contribution in [0.4, 0.5) is 8.78 Å². The number of ether oxygens (including phenoxy) is 1. The van der Waals surface area contributed by atoms with E-state index in [2.05, 4.69) is 10.6 Å². The lowest BCUT2D eigenvalue weighted by molar-refractivity contribution is -0.126. The largest absolute Gasteiger partial charge is 0.473 e. The first-order chi connectivity index (χ1) is 18.2. The van der Waals surface area contributed by atoms with Gasteiger partial charge in [-0.05, 0) is 69.2 Å². The fourth-order valence-corrected chi connectivity index (χ4v) is 5.08. The third kappa shape index (κ3) is 5.53. The molecule has 2 N–H and O–H groups in total. The van der Waals surface area contributed by atoms with Crippen molar-refractivity contribution in [3.05, 3.63) is 74.5 Å². The molecule has 7 nitrogen and oxygen atoms in total. The number of rotatable bonds is 7. The zero-order chi connectivity index (χ0) is 27.0. The van der Waals surface area contributed by atoms with E-state index in [0.29, 0.717) is 42.5 Å². The number of amides is 2. The van der Waals surface area contributed by atoms with Gasteiger partial charge in [-0.3, -0.25) is 14.4 Å². The highest BCUT2D eigenvalue weighted by Crippen LogP contribution is 2.37. The molecule has 2 saturated carbocycles. The molecule has 2 aliphatic carbocycles. The monoisotopic (exact) mass is 543 g/mol. The molecule has 2 aromatic carbocycles. The molecule has 5 rings (SSSR count). The molecule has 2 amide bonds. The number of hydrogen-bond acceptors (Lipinski definition) is 4. The minimum atomic E-state index is -0.704. The molecular formula is C28H28ClF2N3O4. The normalized spacial score (nSPS) is 19.3. The first kappa shape index (κ1) is 26.2. The van der Waals surface area contributed by atoms with E-state index in [-0.39, 0.29) is 52.4 Å². The van der Waals surface area contributed by atoms with Gasteiger partial charge in [0.2, 0.25) is 11.3 Å². The topological polar surface area (TPSA) is 89.4 Å². The SMILES string of the molecule is Cc1ccc(OCNC(=O)C2CCC(NC(=O)c3cn(C4CC4)c4cc(Cl)c(F)cc4c3=O)CC2)cc1F. The maximum absolute atomic E-state index is 14.1. The number of benzene rings is 2. The van der Waals surface area contributed by atoms with E-state index in [1.165, 1.54) is 12.1 Å². The number of aryl methyl sites for hydroxylation is 1. The zero-order valence-corrected chi connectivity index (χ0v) is 21.6. The molecular weight excluding hydrogens is 516 g/mol. The lowest BCUT2D eigenvalue weighted by atomic mass is 9.85. The van der Waals surface area contributed by atoms with Crippen molar-refractivity contribution in [2.45, 2.75) is 57.5 Å². The van der Waals surface area contributed by atoms with Crippen LogP contribution in [0.2, 0.25) is 5.02 Å². The van der Waals surface area contributed by atoms with Crippen LogP contribution in [0.5, 0.6) is 5.75 Å². The highest BCUT2D eigenvalue weighted by Gasteiger charge is 2.30. The average molecular weight is 544 g/mol. The maximum atomic E-state index is 14.1. The van der Waals surface area contributed by atoms with Crippen LogP contribution in [0, 0.1) is 24.5 Å². The summed E-state index contributed by atoms with van der Waals surface area (Å²) in [6.45, 7) is 1.59. The Morgan fingerprint density at radius 2 is 1.79 bits per heavy atom. The fraction of sp³-hybridized carbons (Fsp3) is 0.393. The number of carbonyl (C=O) groups is 2. The van der Waals surface area contributed by atoms with Crippen molar-refractivity contribution in [2.24, 2.45) is 5.92 Å². The minimum Gasteiger partial charge on any atom is -0.473 e. The summed E-state index contributed by atoms with van der Waals surface area (Å²) in [5.74, 6) is -1.65. The third-order valence-electron chi connectivity index (χ3n) is 7.32. The fourth-order valence-electron chi connectivity index (χ4n) is 4.92. The van der Waals surface area contributed by atoms with Crippen molar-refractivity contribution in [1.29, 1.82) is 0 Å². The van der Waals surface area contributed by atoms with Crippen LogP contribution in [0.3, 0.4) is 0 Å². The lowest BCUT2D eigenvalue weighted by Crippen LogP contribution is -2.42. The molecule has 38 heavy (non-hydrogen) atoms. The Morgan fingerprint density at radius 3 is 2.47 bits per heavy atom. The van der Waals surface area contributed by atoms with E-state index < -0.39 is 17.2 Å². The summed E-state index contributed by atoms with van der Waals surface area (Å²) >= 11 is 5.95. The van der Waals surface area contributed by atoms with Crippen LogP contribution in [-0.4, -0.2) is 29.2 Å². The highest BCUT2D eigenvalue weighted by molar-refractivity contribution is 6.31. The van der Waals surface area contributed by atoms with Gasteiger partial charge in [-0.1, -0.05) is 17.7 Å². The number of hydrogen-bond donors (Lipinski definition) is 2. The van der Waals surface area contributed by atoms with Crippen LogP contribution in [0.25, 0.3) is 10.9 Å². The van der Waals surface area contributed by atoms with Crippen LogP contribution >= 0.6 is 11.6 Å². The van der Waals surface area contributed by atoms with Gasteiger partial charge >= 0.3 is 0 Å². The second kappa shape index (κ2) is 10.7. The number of pyridine rings is 1. The molecule has 1 aromatic heterocycles. The van der Waals surface area contributed by atoms with E-state index in [4.69, 9.17) is 16.3 Å². The van der Waals surface area contributed by atoms with Crippen molar-refractivity contribution in [1.82, 2.24) is 15.2 Å². The van der Waals surface area contributed by atoms with E-state index in [1.807, 2.05) is 4.57 Å². The van der Waals surface area contributed by atoms with E-state index >= 15 is 0 Å². The molecule has 2 aliphatic rings. The second-order valence-corrected chi connectivity index (χ2v) is 10.5. The Kier molecular flexibility index (Phi) is 7.38. The molecule has 10 heteroatoms. The van der Waals surface area contributed by atoms with Gasteiger partial charge in [0.25, 0.3) is 5.91 Å². The summed E-state index contributed by atoms with van der Waals surface area (Å²) in [4.78, 5) is 38.7. The lowest BCUT2D eigenvalue weighted by Gasteiger charge is -2.28. The van der Waals surface area contributed by atoms with Crippen LogP contribution < -0.4 is 20.8 Å². The number of halogens is 3. The summed E-state index contributed by atoms with van der Waals surface area (Å²) < 4.78 is 35.0. The van der Waals surface area contributed by atoms with E-state index in [0.717, 1.165) is 18.9 Å². The van der Waals surface area contributed by atoms with Gasteiger partial charge in [0.1, 0.15) is 22.9 Å². The quantitative estimate of drug-likeness (QED) is 0.410. The van der Waals surface area contributed by atoms with Crippen molar-refractivity contribution in [2.75, 3.05) is 6.73 Å². The first-order valence-corrected chi connectivity index (χ1v) is 13.1. The van der Waals surface area contributed by atoms with E-state index in [1.54, 1.807) is 25.3 Å². The van der Waals surface area contributed by atoms with Crippen LogP contribution in [0.15, 0.2) is 41.3 Å². The smallest absolute Gasteiger partial charge is 0.256 e. The van der Waals surface area contributed by atoms with Gasteiger partial charge in [0.05, 0.1) is 10.5 Å². The Bertz CT molecular complexity index is 1460. The Hall–Kier alpha value is -3.46. The first-order valence-electron chi connectivity index (χ1n) is 12.7. The molecule has 0 bridgehead atoms. The third-order valence-corrected chi connectivity index (χ3v) is 7.61. The minimum absolute atomic E-state index is 0.0318. The van der Waals surface area contributed by atoms with Gasteiger partial charge in [-0.15, -0.1) is 0 Å². The van der Waals surface area contributed by atoms with Crippen LogP contribution in [0.1, 0.15) is 60.5 Å². The Balaban J connectivity index is 1.18. The molecule has 1 heterocycles. The maximum Gasteiger partial charge on any atom is 0.256 e. The predicted molar refractivity (Wildman–Crippen MR) is 139 cm³/mol. The molecule has 200 valence electrons. The number of carbonyl (C=O) groups excluding carboxylic acids is 2. The molecule has 0 atom stereocenters. The van der Waals surface area contributed by atoms with E-state index in [9.17, 15) is 23.2 Å². The summed E-state index contributed by atoms with van der Waals surface area (Å²) in [5, 5.41) is 5.70. The van der Waals surface area contributed by atoms with Crippen molar-refractivity contribution in [3.8, 4) is 5.75 Å². The number of fused-ring (bicyclic) bond motifs is 1. The average Bonchev–Trinajstić information content (AvgIpc) is 3.73. The van der Waals surface area contributed by atoms with Gasteiger partial charge in [0.15, 0.2) is 6.73 Å². The number of nitrogens with one attached hydrogen (secondary N) is 2. The highest BCUT2D eigenvalue weighted by atomic mass is 35.5. The Morgan fingerprint density at radius 1 is 1.05 bits per heavy atom. The van der Waals surface area contributed by atoms with Crippen molar-refractivity contribution >= 4 is 34.3 Å². The van der Waals surface area contributed by atoms with Gasteiger partial charge in [-0.25, -0.2) is 8.78 Å². The molecule has 0 radical (unpaired) electrons. The number of aromatic nitrogens is 1. The summed E-state index contributed by atoms with van der Waals surface area (Å²) in [6.07, 6.45) is 5.63. The zero-order valence-electron chi connectivity index (χ0n) is 20.9. The van der Waals surface area contributed by atoms with Crippen molar-refractivity contribution in [3.63, 3.8) is 0 Å². The molecule has 2 fully saturated rings. The molecule has 3 aromatic rings. The van der Waals surface area contributed by atoms with Crippen molar-refractivity contribution < 1.29 is 23.1 Å². The number of nitrogens with zero attached hydrogens (tertiary/aromatic N) is 1. The summed E-state index contributed by atoms with van der Waals surface area (Å²) in [5.41, 5.74) is 0.462. The molecule has 0 spiro atoms. The van der Waals surface area contributed by atoms with Crippen LogP contribution in [-0.2, 0) is 4.79 Å². The summed E-state index contributed by atoms with van der Waals surface area (Å²) in [6, 6.07) is 7.01. The van der Waals surface area contributed by atoms with Gasteiger partial charge in [0, 0.05) is 35.7 Å². The predicted octanol–water partition coefficient (Wildman–Crippen LogP) is 5.02. The summed E-state index contributed by atoms with van der Waals surface area (Å²) in [7, 11) is 0. The molecule has 0 unspecified atom stereocenters. The Labute approximate surface area is 223 Å². The standard InChI is InChI=1S/C28H28ClF2N3O4/c1-15-2-9-19(10-23(15)30)38-14-32-27(36)16-3-5-17(6-4-16)33-28(37)21-13-34(18-7-8-18)25-12-22(29)24(31)11-20(25)26(21)35/h2,9-13,16-18H,3-8,14H2,1H3,(H,32,36)(H,33,37).